The molecule has 0 atom stereocenters. The first-order valence-electron chi connectivity index (χ1n) is 4.04. The van der Waals surface area contributed by atoms with Crippen molar-refractivity contribution in [2.24, 2.45) is 15.9 Å². The van der Waals surface area contributed by atoms with Gasteiger partial charge < -0.3 is 5.73 Å². The third-order valence-electron chi connectivity index (χ3n) is 1.38. The van der Waals surface area contributed by atoms with Crippen molar-refractivity contribution in [1.82, 2.24) is 9.97 Å². The van der Waals surface area contributed by atoms with Gasteiger partial charge in [0.2, 0.25) is 0 Å². The summed E-state index contributed by atoms with van der Waals surface area (Å²) < 4.78 is 0.842. The van der Waals surface area contributed by atoms with Crippen LogP contribution >= 0.6 is 23.5 Å². The van der Waals surface area contributed by atoms with Crippen LogP contribution in [0.1, 0.15) is 5.82 Å². The van der Waals surface area contributed by atoms with Crippen LogP contribution in [0.2, 0.25) is 0 Å². The van der Waals surface area contributed by atoms with E-state index < -0.39 is 0 Å². The van der Waals surface area contributed by atoms with Gasteiger partial charge in [0.15, 0.2) is 16.0 Å². The number of hydrogen-bond acceptors (Lipinski definition) is 6. The molecule has 0 aliphatic heterocycles. The van der Waals surface area contributed by atoms with Crippen molar-refractivity contribution in [3.8, 4) is 0 Å². The maximum absolute atomic E-state index is 5.65. The molecule has 80 valence electrons. The highest BCUT2D eigenvalue weighted by Gasteiger charge is 1.99. The van der Waals surface area contributed by atoms with Gasteiger partial charge in [0, 0.05) is 12.4 Å². The van der Waals surface area contributed by atoms with Gasteiger partial charge in [-0.3, -0.25) is 0 Å². The van der Waals surface area contributed by atoms with Gasteiger partial charge in [-0.2, -0.15) is 0 Å². The number of hydrogen-bond donors (Lipinski definition) is 1. The predicted octanol–water partition coefficient (Wildman–Crippen LogP) is 1.18. The van der Waals surface area contributed by atoms with Crippen molar-refractivity contribution in [2.75, 3.05) is 12.5 Å². The summed E-state index contributed by atoms with van der Waals surface area (Å²) in [4.78, 5) is 7.92. The van der Waals surface area contributed by atoms with Crippen LogP contribution in [0.4, 0.5) is 0 Å². The zero-order valence-electron chi connectivity index (χ0n) is 8.41. The lowest BCUT2D eigenvalue weighted by atomic mass is 10.5. The quantitative estimate of drug-likeness (QED) is 0.478. The molecule has 0 radical (unpaired) electrons. The fraction of sp³-hybridized carbons (Fsp3) is 0.250. The normalized spacial score (nSPS) is 11.2. The lowest BCUT2D eigenvalue weighted by Gasteiger charge is -1.96. The molecule has 1 heterocycles. The third kappa shape index (κ3) is 3.88. The van der Waals surface area contributed by atoms with Crippen LogP contribution in [-0.4, -0.2) is 32.7 Å². The molecule has 1 aromatic rings. The summed E-state index contributed by atoms with van der Waals surface area (Å²) in [7, 11) is 0. The van der Waals surface area contributed by atoms with Crippen LogP contribution in [-0.2, 0) is 0 Å². The smallest absolute Gasteiger partial charge is 0.196 e. The van der Waals surface area contributed by atoms with Crippen LogP contribution in [0.15, 0.2) is 28.7 Å². The maximum atomic E-state index is 5.65. The fourth-order valence-corrected chi connectivity index (χ4v) is 1.65. The van der Waals surface area contributed by atoms with E-state index in [0.29, 0.717) is 5.82 Å². The molecule has 15 heavy (non-hydrogen) atoms. The van der Waals surface area contributed by atoms with Gasteiger partial charge >= 0.3 is 0 Å². The number of thioether (sulfide) groups is 2. The molecule has 0 amide bonds. The molecule has 2 N–H and O–H groups in total. The van der Waals surface area contributed by atoms with E-state index in [1.54, 1.807) is 18.5 Å². The van der Waals surface area contributed by atoms with Gasteiger partial charge in [-0.15, -0.1) is 33.7 Å². The Hall–Kier alpha value is -1.08. The minimum Gasteiger partial charge on any atom is -0.379 e. The van der Waals surface area contributed by atoms with E-state index in [1.165, 1.54) is 23.5 Å². The molecule has 0 unspecified atom stereocenters. The van der Waals surface area contributed by atoms with Gasteiger partial charge in [0.25, 0.3) is 0 Å². The molecular weight excluding hydrogens is 230 g/mol. The van der Waals surface area contributed by atoms with E-state index in [4.69, 9.17) is 5.73 Å². The first-order valence-corrected chi connectivity index (χ1v) is 6.49. The summed E-state index contributed by atoms with van der Waals surface area (Å²) in [6.45, 7) is 0. The minimum atomic E-state index is 0.219. The Kier molecular flexibility index (Phi) is 5.13. The van der Waals surface area contributed by atoms with Crippen LogP contribution in [0.3, 0.4) is 0 Å². The van der Waals surface area contributed by atoms with Gasteiger partial charge in [-0.05, 0) is 18.6 Å². The van der Waals surface area contributed by atoms with Crippen molar-refractivity contribution in [2.45, 2.75) is 0 Å². The first-order chi connectivity index (χ1) is 7.27. The van der Waals surface area contributed by atoms with Crippen LogP contribution in [0.25, 0.3) is 0 Å². The summed E-state index contributed by atoms with van der Waals surface area (Å²) in [5.41, 5.74) is 5.65. The summed E-state index contributed by atoms with van der Waals surface area (Å²) in [5, 5.41) is 7.81. The summed E-state index contributed by atoms with van der Waals surface area (Å²) in [6, 6.07) is 1.72. The Labute approximate surface area is 96.7 Å². The molecule has 0 fully saturated rings. The monoisotopic (exact) mass is 241 g/mol. The molecule has 0 aliphatic carbocycles. The molecule has 0 spiro atoms. The number of amidine groups is 1. The molecule has 0 saturated heterocycles. The SMILES string of the molecule is CSC(=N/N=C(\N)c1ncccn1)SC. The van der Waals surface area contributed by atoms with Crippen LogP contribution in [0, 0.1) is 0 Å². The van der Waals surface area contributed by atoms with E-state index in [0.717, 1.165) is 4.38 Å². The van der Waals surface area contributed by atoms with Crippen LogP contribution in [0.5, 0.6) is 0 Å². The molecule has 0 aromatic carbocycles. The van der Waals surface area contributed by atoms with Crippen molar-refractivity contribution in [1.29, 1.82) is 0 Å². The molecule has 0 saturated carbocycles. The molecular formula is C8H11N5S2. The zero-order chi connectivity index (χ0) is 11.1. The van der Waals surface area contributed by atoms with E-state index in [2.05, 4.69) is 20.2 Å². The Morgan fingerprint density at radius 3 is 2.33 bits per heavy atom. The Morgan fingerprint density at radius 2 is 1.80 bits per heavy atom. The molecule has 0 bridgehead atoms. The van der Waals surface area contributed by atoms with Gasteiger partial charge in [-0.25, -0.2) is 9.97 Å². The topological polar surface area (TPSA) is 76.5 Å². The largest absolute Gasteiger partial charge is 0.379 e. The predicted molar refractivity (Wildman–Crippen MR) is 67.2 cm³/mol. The van der Waals surface area contributed by atoms with Gasteiger partial charge in [0.05, 0.1) is 0 Å². The first kappa shape index (κ1) is 12.0. The molecule has 5 nitrogen and oxygen atoms in total. The number of aromatic nitrogens is 2. The third-order valence-corrected chi connectivity index (χ3v) is 3.25. The van der Waals surface area contributed by atoms with Crippen molar-refractivity contribution in [3.63, 3.8) is 0 Å². The van der Waals surface area contributed by atoms with E-state index >= 15 is 0 Å². The van der Waals surface area contributed by atoms with Gasteiger partial charge in [-0.1, -0.05) is 0 Å². The molecule has 1 aromatic heterocycles. The number of rotatable bonds is 2. The van der Waals surface area contributed by atoms with Crippen molar-refractivity contribution < 1.29 is 0 Å². The fourth-order valence-electron chi connectivity index (χ4n) is 0.736. The highest BCUT2D eigenvalue weighted by molar-refractivity contribution is 8.38. The highest BCUT2D eigenvalue weighted by atomic mass is 32.2. The van der Waals surface area contributed by atoms with E-state index in [9.17, 15) is 0 Å². The minimum absolute atomic E-state index is 0.219. The van der Waals surface area contributed by atoms with E-state index in [-0.39, 0.29) is 5.84 Å². The number of nitrogens with zero attached hydrogens (tertiary/aromatic N) is 4. The number of nitrogens with two attached hydrogens (primary N) is 1. The second-order valence-electron chi connectivity index (χ2n) is 2.33. The van der Waals surface area contributed by atoms with Gasteiger partial charge in [0.1, 0.15) is 0 Å². The summed E-state index contributed by atoms with van der Waals surface area (Å²) in [6.07, 6.45) is 7.08. The average molecular weight is 241 g/mol. The highest BCUT2D eigenvalue weighted by Crippen LogP contribution is 2.10. The maximum Gasteiger partial charge on any atom is 0.196 e. The standard InChI is InChI=1S/C8H11N5S2/c1-14-8(15-2)13-12-6(9)7-10-4-3-5-11-7/h3-5H,1-2H3,(H2,9,12). The van der Waals surface area contributed by atoms with Crippen molar-refractivity contribution in [3.05, 3.63) is 24.3 Å². The lowest BCUT2D eigenvalue weighted by Crippen LogP contribution is -2.16. The second-order valence-corrected chi connectivity index (χ2v) is 4.18. The second kappa shape index (κ2) is 6.41. The van der Waals surface area contributed by atoms with Crippen LogP contribution < -0.4 is 5.73 Å². The Morgan fingerprint density at radius 1 is 1.20 bits per heavy atom. The molecule has 7 heteroatoms. The Balaban J connectivity index is 2.81. The molecule has 0 aliphatic rings. The van der Waals surface area contributed by atoms with E-state index in [1.807, 2.05) is 12.5 Å². The zero-order valence-corrected chi connectivity index (χ0v) is 10.0. The summed E-state index contributed by atoms with van der Waals surface area (Å²) >= 11 is 3.03. The summed E-state index contributed by atoms with van der Waals surface area (Å²) in [5.74, 6) is 0.610. The molecule has 1 rings (SSSR count). The Bertz CT molecular complexity index is 357. The van der Waals surface area contributed by atoms with Crippen molar-refractivity contribution >= 4 is 33.7 Å². The lowest BCUT2D eigenvalue weighted by molar-refractivity contribution is 1.10. The average Bonchev–Trinajstić information content (AvgIpc) is 2.31.